The van der Waals surface area contributed by atoms with Gasteiger partial charge < -0.3 is 4.90 Å². The monoisotopic (exact) mass is 336 g/mol. The normalized spacial score (nSPS) is 16.9. The summed E-state index contributed by atoms with van der Waals surface area (Å²) in [6.07, 6.45) is 8.78. The molecule has 0 bridgehead atoms. The molecule has 0 spiro atoms. The molecule has 1 aliphatic rings. The van der Waals surface area contributed by atoms with Crippen LogP contribution in [0, 0.1) is 0 Å². The van der Waals surface area contributed by atoms with E-state index < -0.39 is 0 Å². The second-order valence-corrected chi connectivity index (χ2v) is 6.24. The number of fused-ring (bicyclic) bond motifs is 1. The lowest BCUT2D eigenvalue weighted by molar-refractivity contribution is 0.0583. The van der Waals surface area contributed by atoms with Gasteiger partial charge in [-0.05, 0) is 24.6 Å². The van der Waals surface area contributed by atoms with Gasteiger partial charge in [-0.1, -0.05) is 6.07 Å². The number of carbonyl (C=O) groups excluding carboxylic acids is 1. The van der Waals surface area contributed by atoms with E-state index >= 15 is 0 Å². The summed E-state index contributed by atoms with van der Waals surface area (Å²) >= 11 is 0. The second kappa shape index (κ2) is 6.60. The van der Waals surface area contributed by atoms with Crippen LogP contribution in [0.2, 0.25) is 0 Å². The molecule has 1 fully saturated rings. The van der Waals surface area contributed by atoms with Crippen molar-refractivity contribution in [2.45, 2.75) is 13.0 Å². The minimum atomic E-state index is 0.00220. The standard InChI is InChI=1S/C18H20N6O/c1-14(15-4-2-5-19-12-15)22-8-10-23(11-9-22)18(25)16-13-21-24-7-3-6-20-17(16)24/h2-7,12-14H,8-11H2,1H3. The van der Waals surface area contributed by atoms with Crippen LogP contribution in [0.25, 0.3) is 5.65 Å². The summed E-state index contributed by atoms with van der Waals surface area (Å²) in [5.74, 6) is 0.00220. The van der Waals surface area contributed by atoms with Crippen molar-refractivity contribution in [2.24, 2.45) is 0 Å². The van der Waals surface area contributed by atoms with Crippen molar-refractivity contribution in [1.82, 2.24) is 29.4 Å². The molecule has 4 heterocycles. The molecule has 3 aromatic heterocycles. The number of aromatic nitrogens is 4. The maximum atomic E-state index is 12.8. The molecule has 0 radical (unpaired) electrons. The van der Waals surface area contributed by atoms with Gasteiger partial charge in [0.2, 0.25) is 0 Å². The lowest BCUT2D eigenvalue weighted by Gasteiger charge is -2.38. The Hall–Kier alpha value is -2.80. The number of pyridine rings is 1. The van der Waals surface area contributed by atoms with Crippen LogP contribution >= 0.6 is 0 Å². The van der Waals surface area contributed by atoms with Gasteiger partial charge in [0.15, 0.2) is 5.65 Å². The van der Waals surface area contributed by atoms with Crippen LogP contribution in [-0.4, -0.2) is 61.5 Å². The molecule has 1 amide bonds. The third-order valence-electron chi connectivity index (χ3n) is 4.83. The fourth-order valence-corrected chi connectivity index (χ4v) is 3.29. The summed E-state index contributed by atoms with van der Waals surface area (Å²) in [6, 6.07) is 6.15. The molecule has 4 rings (SSSR count). The van der Waals surface area contributed by atoms with Crippen LogP contribution in [0.3, 0.4) is 0 Å². The number of piperazine rings is 1. The highest BCUT2D eigenvalue weighted by molar-refractivity contribution is 5.99. The molecule has 3 aromatic rings. The summed E-state index contributed by atoms with van der Waals surface area (Å²) in [4.78, 5) is 25.6. The molecule has 7 nitrogen and oxygen atoms in total. The Morgan fingerprint density at radius 1 is 1.12 bits per heavy atom. The zero-order valence-corrected chi connectivity index (χ0v) is 14.1. The number of carbonyl (C=O) groups is 1. The van der Waals surface area contributed by atoms with Gasteiger partial charge >= 0.3 is 0 Å². The molecule has 0 saturated carbocycles. The zero-order valence-electron chi connectivity index (χ0n) is 14.1. The molecule has 0 aromatic carbocycles. The van der Waals surface area contributed by atoms with Crippen LogP contribution < -0.4 is 0 Å². The smallest absolute Gasteiger partial charge is 0.259 e. The molecule has 1 atom stereocenters. The Morgan fingerprint density at radius 2 is 1.96 bits per heavy atom. The Bertz CT molecular complexity index is 869. The lowest BCUT2D eigenvalue weighted by Crippen LogP contribution is -2.49. The van der Waals surface area contributed by atoms with Gasteiger partial charge in [-0.15, -0.1) is 0 Å². The van der Waals surface area contributed by atoms with E-state index in [2.05, 4.69) is 33.0 Å². The highest BCUT2D eigenvalue weighted by Crippen LogP contribution is 2.21. The largest absolute Gasteiger partial charge is 0.336 e. The predicted molar refractivity (Wildman–Crippen MR) is 93.1 cm³/mol. The molecular weight excluding hydrogens is 316 g/mol. The van der Waals surface area contributed by atoms with Crippen molar-refractivity contribution in [1.29, 1.82) is 0 Å². The molecule has 1 unspecified atom stereocenters. The van der Waals surface area contributed by atoms with E-state index in [1.165, 1.54) is 5.56 Å². The summed E-state index contributed by atoms with van der Waals surface area (Å²) in [7, 11) is 0. The van der Waals surface area contributed by atoms with Gasteiger partial charge in [0.25, 0.3) is 5.91 Å². The summed E-state index contributed by atoms with van der Waals surface area (Å²) in [5.41, 5.74) is 2.38. The van der Waals surface area contributed by atoms with E-state index in [0.29, 0.717) is 30.3 Å². The van der Waals surface area contributed by atoms with E-state index in [-0.39, 0.29) is 5.91 Å². The molecule has 0 N–H and O–H groups in total. The van der Waals surface area contributed by atoms with Crippen LogP contribution in [0.4, 0.5) is 0 Å². The van der Waals surface area contributed by atoms with Gasteiger partial charge in [0.1, 0.15) is 5.56 Å². The number of hydrogen-bond acceptors (Lipinski definition) is 5. The summed E-state index contributed by atoms with van der Waals surface area (Å²) in [5, 5.41) is 4.21. The molecule has 25 heavy (non-hydrogen) atoms. The molecule has 0 aliphatic carbocycles. The second-order valence-electron chi connectivity index (χ2n) is 6.24. The highest BCUT2D eigenvalue weighted by atomic mass is 16.2. The number of amides is 1. The van der Waals surface area contributed by atoms with Crippen LogP contribution in [0.15, 0.2) is 49.2 Å². The van der Waals surface area contributed by atoms with Crippen molar-refractivity contribution < 1.29 is 4.79 Å². The zero-order chi connectivity index (χ0) is 17.2. The van der Waals surface area contributed by atoms with Gasteiger partial charge in [0, 0.05) is 57.0 Å². The minimum Gasteiger partial charge on any atom is -0.336 e. The summed E-state index contributed by atoms with van der Waals surface area (Å²) < 4.78 is 1.63. The third-order valence-corrected chi connectivity index (χ3v) is 4.83. The van der Waals surface area contributed by atoms with Crippen LogP contribution in [0.1, 0.15) is 28.9 Å². The Balaban J connectivity index is 1.44. The fourth-order valence-electron chi connectivity index (χ4n) is 3.29. The van der Waals surface area contributed by atoms with Crippen LogP contribution in [0.5, 0.6) is 0 Å². The lowest BCUT2D eigenvalue weighted by atomic mass is 10.1. The maximum absolute atomic E-state index is 12.8. The minimum absolute atomic E-state index is 0.00220. The van der Waals surface area contributed by atoms with Crippen molar-refractivity contribution in [3.8, 4) is 0 Å². The molecule has 1 saturated heterocycles. The summed E-state index contributed by atoms with van der Waals surface area (Å²) in [6.45, 7) is 5.27. The number of hydrogen-bond donors (Lipinski definition) is 0. The Morgan fingerprint density at radius 3 is 2.72 bits per heavy atom. The van der Waals surface area contributed by atoms with Crippen molar-refractivity contribution >= 4 is 11.6 Å². The van der Waals surface area contributed by atoms with E-state index in [0.717, 1.165) is 13.1 Å². The molecule has 1 aliphatic heterocycles. The first-order chi connectivity index (χ1) is 12.2. The van der Waals surface area contributed by atoms with Gasteiger partial charge in [-0.3, -0.25) is 14.7 Å². The van der Waals surface area contributed by atoms with E-state index in [1.54, 1.807) is 35.4 Å². The number of nitrogens with zero attached hydrogens (tertiary/aromatic N) is 6. The SMILES string of the molecule is CC(c1cccnc1)N1CCN(C(=O)c2cnn3cccnc23)CC1. The van der Waals surface area contributed by atoms with Crippen molar-refractivity contribution in [3.63, 3.8) is 0 Å². The third kappa shape index (κ3) is 2.98. The number of rotatable bonds is 3. The first-order valence-corrected chi connectivity index (χ1v) is 8.45. The van der Waals surface area contributed by atoms with Gasteiger partial charge in [0.05, 0.1) is 6.20 Å². The van der Waals surface area contributed by atoms with Gasteiger partial charge in [-0.2, -0.15) is 5.10 Å². The average Bonchev–Trinajstić information content (AvgIpc) is 3.12. The van der Waals surface area contributed by atoms with Crippen molar-refractivity contribution in [2.75, 3.05) is 26.2 Å². The predicted octanol–water partition coefficient (Wildman–Crippen LogP) is 1.64. The fraction of sp³-hybridized carbons (Fsp3) is 0.333. The molecule has 128 valence electrons. The molecular formula is C18H20N6O. The Labute approximate surface area is 145 Å². The maximum Gasteiger partial charge on any atom is 0.259 e. The van der Waals surface area contributed by atoms with E-state index in [1.807, 2.05) is 17.2 Å². The first-order valence-electron chi connectivity index (χ1n) is 8.45. The van der Waals surface area contributed by atoms with E-state index in [4.69, 9.17) is 0 Å². The quantitative estimate of drug-likeness (QED) is 0.727. The highest BCUT2D eigenvalue weighted by Gasteiger charge is 2.27. The Kier molecular flexibility index (Phi) is 4.15. The topological polar surface area (TPSA) is 66.6 Å². The first kappa shape index (κ1) is 15.7. The van der Waals surface area contributed by atoms with Gasteiger partial charge in [-0.25, -0.2) is 9.50 Å². The van der Waals surface area contributed by atoms with Crippen LogP contribution in [-0.2, 0) is 0 Å². The molecule has 7 heteroatoms. The van der Waals surface area contributed by atoms with E-state index in [9.17, 15) is 4.79 Å². The van der Waals surface area contributed by atoms with Crippen molar-refractivity contribution in [3.05, 3.63) is 60.3 Å². The average molecular weight is 336 g/mol.